The van der Waals surface area contributed by atoms with Crippen LogP contribution in [0.5, 0.6) is 0 Å². The molecule has 1 aliphatic heterocycles. The van der Waals surface area contributed by atoms with Crippen molar-refractivity contribution in [2.75, 3.05) is 20.6 Å². The molecule has 1 aromatic heterocycles. The van der Waals surface area contributed by atoms with Crippen LogP contribution in [0.4, 0.5) is 0 Å². The quantitative estimate of drug-likeness (QED) is 0.825. The highest BCUT2D eigenvalue weighted by atomic mass is 15.4. The van der Waals surface area contributed by atoms with Crippen LogP contribution in [0.1, 0.15) is 31.4 Å². The van der Waals surface area contributed by atoms with E-state index in [2.05, 4.69) is 27.6 Å². The number of aromatic nitrogens is 3. The zero-order valence-electron chi connectivity index (χ0n) is 10.9. The van der Waals surface area contributed by atoms with Gasteiger partial charge in [-0.25, -0.2) is 0 Å². The van der Waals surface area contributed by atoms with Crippen molar-refractivity contribution in [1.29, 1.82) is 0 Å². The molecule has 96 valence electrons. The zero-order valence-corrected chi connectivity index (χ0v) is 10.9. The number of hydrogen-bond donors (Lipinski definition) is 1. The number of rotatable bonds is 5. The fourth-order valence-electron chi connectivity index (χ4n) is 2.50. The maximum absolute atomic E-state index is 4.15. The lowest BCUT2D eigenvalue weighted by Gasteiger charge is -2.32. The zero-order chi connectivity index (χ0) is 12.1. The second-order valence-electron chi connectivity index (χ2n) is 4.92. The fourth-order valence-corrected chi connectivity index (χ4v) is 2.50. The standard InChI is InChI=1S/C12H23N5/c1-13-9-11-10-17(15-14-11)8-6-12-5-3-4-7-16(12)2/h10,12-13H,3-9H2,1-2H3. The Morgan fingerprint density at radius 1 is 1.47 bits per heavy atom. The van der Waals surface area contributed by atoms with Gasteiger partial charge < -0.3 is 10.2 Å². The molecule has 1 aromatic rings. The van der Waals surface area contributed by atoms with Gasteiger partial charge in [-0.05, 0) is 39.9 Å². The Hall–Kier alpha value is -0.940. The summed E-state index contributed by atoms with van der Waals surface area (Å²) in [5.74, 6) is 0. The Kier molecular flexibility index (Phi) is 4.50. The maximum Gasteiger partial charge on any atom is 0.0964 e. The third kappa shape index (κ3) is 3.51. The topological polar surface area (TPSA) is 46.0 Å². The lowest BCUT2D eigenvalue weighted by atomic mass is 10.0. The van der Waals surface area contributed by atoms with Crippen molar-refractivity contribution in [1.82, 2.24) is 25.2 Å². The predicted molar refractivity (Wildman–Crippen MR) is 67.7 cm³/mol. The SMILES string of the molecule is CNCc1cn(CCC2CCCCN2C)nn1. The Balaban J connectivity index is 1.79. The second kappa shape index (κ2) is 6.12. The molecule has 17 heavy (non-hydrogen) atoms. The number of nitrogens with one attached hydrogen (secondary N) is 1. The van der Waals surface area contributed by atoms with Crippen LogP contribution in [0.15, 0.2) is 6.20 Å². The summed E-state index contributed by atoms with van der Waals surface area (Å²) in [7, 11) is 4.16. The first-order valence-corrected chi connectivity index (χ1v) is 6.53. The summed E-state index contributed by atoms with van der Waals surface area (Å²) in [6.45, 7) is 3.02. The van der Waals surface area contributed by atoms with Crippen molar-refractivity contribution in [2.45, 2.75) is 44.8 Å². The van der Waals surface area contributed by atoms with Gasteiger partial charge in [-0.15, -0.1) is 5.10 Å². The van der Waals surface area contributed by atoms with Gasteiger partial charge in [0.1, 0.15) is 0 Å². The van der Waals surface area contributed by atoms with Gasteiger partial charge in [0.2, 0.25) is 0 Å². The summed E-state index contributed by atoms with van der Waals surface area (Å²) in [6, 6.07) is 0.723. The molecule has 1 fully saturated rings. The molecule has 1 aliphatic rings. The molecule has 1 unspecified atom stereocenters. The first kappa shape index (κ1) is 12.5. The lowest BCUT2D eigenvalue weighted by molar-refractivity contribution is 0.169. The minimum Gasteiger partial charge on any atom is -0.314 e. The fraction of sp³-hybridized carbons (Fsp3) is 0.833. The van der Waals surface area contributed by atoms with E-state index >= 15 is 0 Å². The van der Waals surface area contributed by atoms with Crippen molar-refractivity contribution >= 4 is 0 Å². The number of piperidine rings is 1. The summed E-state index contributed by atoms with van der Waals surface area (Å²) in [5.41, 5.74) is 1.02. The van der Waals surface area contributed by atoms with Crippen molar-refractivity contribution in [3.05, 3.63) is 11.9 Å². The number of likely N-dealkylation sites (tertiary alicyclic amines) is 1. The molecule has 1 N–H and O–H groups in total. The second-order valence-corrected chi connectivity index (χ2v) is 4.92. The first-order chi connectivity index (χ1) is 8.29. The Bertz CT molecular complexity index is 335. The molecule has 2 heterocycles. The van der Waals surface area contributed by atoms with Crippen LogP contribution in [-0.2, 0) is 13.1 Å². The molecule has 0 saturated carbocycles. The van der Waals surface area contributed by atoms with E-state index in [0.29, 0.717) is 0 Å². The molecule has 5 heteroatoms. The molecule has 0 radical (unpaired) electrons. The normalized spacial score (nSPS) is 21.9. The summed E-state index contributed by atoms with van der Waals surface area (Å²) >= 11 is 0. The molecule has 2 rings (SSSR count). The number of nitrogens with zero attached hydrogens (tertiary/aromatic N) is 4. The molecule has 5 nitrogen and oxygen atoms in total. The molecule has 0 aliphatic carbocycles. The summed E-state index contributed by atoms with van der Waals surface area (Å²) < 4.78 is 1.97. The average Bonchev–Trinajstić information content (AvgIpc) is 2.76. The van der Waals surface area contributed by atoms with E-state index in [1.807, 2.05) is 17.9 Å². The Morgan fingerprint density at radius 3 is 3.12 bits per heavy atom. The van der Waals surface area contributed by atoms with Crippen LogP contribution in [0.3, 0.4) is 0 Å². The molecular formula is C12H23N5. The molecule has 1 saturated heterocycles. The van der Waals surface area contributed by atoms with Crippen LogP contribution in [0, 0.1) is 0 Å². The minimum atomic E-state index is 0.723. The van der Waals surface area contributed by atoms with E-state index in [4.69, 9.17) is 0 Å². The van der Waals surface area contributed by atoms with Crippen LogP contribution in [-0.4, -0.2) is 46.6 Å². The van der Waals surface area contributed by atoms with Crippen LogP contribution >= 0.6 is 0 Å². The minimum absolute atomic E-state index is 0.723. The van der Waals surface area contributed by atoms with E-state index in [-0.39, 0.29) is 0 Å². The molecular weight excluding hydrogens is 214 g/mol. The molecule has 0 amide bonds. The van der Waals surface area contributed by atoms with Gasteiger partial charge in [-0.3, -0.25) is 4.68 Å². The van der Waals surface area contributed by atoms with Gasteiger partial charge in [-0.2, -0.15) is 0 Å². The van der Waals surface area contributed by atoms with Gasteiger partial charge in [0.25, 0.3) is 0 Å². The van der Waals surface area contributed by atoms with Crippen LogP contribution in [0.2, 0.25) is 0 Å². The summed E-state index contributed by atoms with van der Waals surface area (Å²) in [5, 5.41) is 11.4. The molecule has 0 bridgehead atoms. The van der Waals surface area contributed by atoms with Crippen molar-refractivity contribution in [2.24, 2.45) is 0 Å². The van der Waals surface area contributed by atoms with E-state index in [1.54, 1.807) is 0 Å². The van der Waals surface area contributed by atoms with Crippen LogP contribution < -0.4 is 5.32 Å². The van der Waals surface area contributed by atoms with Crippen LogP contribution in [0.25, 0.3) is 0 Å². The van der Waals surface area contributed by atoms with Crippen molar-refractivity contribution < 1.29 is 0 Å². The first-order valence-electron chi connectivity index (χ1n) is 6.53. The largest absolute Gasteiger partial charge is 0.314 e. The Morgan fingerprint density at radius 2 is 2.35 bits per heavy atom. The van der Waals surface area contributed by atoms with Crippen molar-refractivity contribution in [3.8, 4) is 0 Å². The highest BCUT2D eigenvalue weighted by Crippen LogP contribution is 2.18. The molecule has 0 aromatic carbocycles. The molecule has 0 spiro atoms. The van der Waals surface area contributed by atoms with Crippen molar-refractivity contribution in [3.63, 3.8) is 0 Å². The summed E-state index contributed by atoms with van der Waals surface area (Å²) in [6.07, 6.45) is 7.27. The van der Waals surface area contributed by atoms with Gasteiger partial charge in [0.05, 0.1) is 5.69 Å². The van der Waals surface area contributed by atoms with Gasteiger partial charge in [-0.1, -0.05) is 11.6 Å². The van der Waals surface area contributed by atoms with Gasteiger partial charge in [0, 0.05) is 25.3 Å². The van der Waals surface area contributed by atoms with Gasteiger partial charge in [0.15, 0.2) is 0 Å². The highest BCUT2D eigenvalue weighted by Gasteiger charge is 2.18. The average molecular weight is 237 g/mol. The van der Waals surface area contributed by atoms with E-state index in [9.17, 15) is 0 Å². The predicted octanol–water partition coefficient (Wildman–Crippen LogP) is 0.872. The summed E-state index contributed by atoms with van der Waals surface area (Å²) in [4.78, 5) is 2.48. The van der Waals surface area contributed by atoms with E-state index in [0.717, 1.165) is 24.8 Å². The Labute approximate surface area is 103 Å². The van der Waals surface area contributed by atoms with E-state index < -0.39 is 0 Å². The maximum atomic E-state index is 4.15. The van der Waals surface area contributed by atoms with Gasteiger partial charge >= 0.3 is 0 Å². The molecule has 1 atom stereocenters. The third-order valence-electron chi connectivity index (χ3n) is 3.56. The van der Waals surface area contributed by atoms with E-state index in [1.165, 1.54) is 32.2 Å². The highest BCUT2D eigenvalue weighted by molar-refractivity contribution is 4.91. The number of aryl methyl sites for hydroxylation is 1. The monoisotopic (exact) mass is 237 g/mol. The lowest BCUT2D eigenvalue weighted by Crippen LogP contribution is -2.36. The smallest absolute Gasteiger partial charge is 0.0964 e. The third-order valence-corrected chi connectivity index (χ3v) is 3.56. The number of hydrogen-bond acceptors (Lipinski definition) is 4.